The molecule has 0 aliphatic carbocycles. The van der Waals surface area contributed by atoms with Gasteiger partial charge in [-0.05, 0) is 35.0 Å². The van der Waals surface area contributed by atoms with Gasteiger partial charge in [-0.3, -0.25) is 4.79 Å². The highest BCUT2D eigenvalue weighted by Crippen LogP contribution is 2.24. The van der Waals surface area contributed by atoms with Crippen molar-refractivity contribution in [2.24, 2.45) is 0 Å². The maximum Gasteiger partial charge on any atom is 0.240 e. The molecule has 2 N–H and O–H groups in total. The van der Waals surface area contributed by atoms with Crippen LogP contribution in [0.1, 0.15) is 12.0 Å². The Bertz CT molecular complexity index is 1150. The lowest BCUT2D eigenvalue weighted by atomic mass is 10.1. The first-order valence-corrected chi connectivity index (χ1v) is 10.9. The molecule has 0 heterocycles. The van der Waals surface area contributed by atoms with Gasteiger partial charge in [0.1, 0.15) is 11.5 Å². The summed E-state index contributed by atoms with van der Waals surface area (Å²) in [7, 11) is -0.589. The average Bonchev–Trinajstić information content (AvgIpc) is 2.77. The number of hydrogen-bond donors (Lipinski definition) is 2. The Morgan fingerprint density at radius 2 is 1.70 bits per heavy atom. The van der Waals surface area contributed by atoms with Gasteiger partial charge in [0.25, 0.3) is 0 Å². The lowest BCUT2D eigenvalue weighted by Gasteiger charge is -2.12. The Kier molecular flexibility index (Phi) is 6.91. The molecule has 3 aromatic rings. The Labute approximate surface area is 176 Å². The summed E-state index contributed by atoms with van der Waals surface area (Å²) in [5, 5.41) is 4.57. The third kappa shape index (κ3) is 5.28. The van der Waals surface area contributed by atoms with Crippen LogP contribution in [0.4, 0.5) is 0 Å². The number of benzene rings is 3. The Morgan fingerprint density at radius 1 is 0.933 bits per heavy atom. The van der Waals surface area contributed by atoms with Crippen molar-refractivity contribution in [3.8, 4) is 11.5 Å². The summed E-state index contributed by atoms with van der Waals surface area (Å²) >= 11 is 0. The molecule has 8 heteroatoms. The van der Waals surface area contributed by atoms with Crippen molar-refractivity contribution < 1.29 is 22.7 Å². The molecule has 158 valence electrons. The summed E-state index contributed by atoms with van der Waals surface area (Å²) in [5.74, 6) is 0.991. The minimum atomic E-state index is -3.70. The summed E-state index contributed by atoms with van der Waals surface area (Å²) in [5.41, 5.74) is 0.795. The minimum Gasteiger partial charge on any atom is -0.497 e. The predicted molar refractivity (Wildman–Crippen MR) is 115 cm³/mol. The number of ether oxygens (including phenoxy) is 2. The molecule has 7 nitrogen and oxygen atoms in total. The number of amides is 1. The number of nitrogens with one attached hydrogen (secondary N) is 2. The van der Waals surface area contributed by atoms with E-state index in [9.17, 15) is 13.2 Å². The zero-order valence-corrected chi connectivity index (χ0v) is 17.7. The van der Waals surface area contributed by atoms with Crippen LogP contribution in [-0.2, 0) is 21.4 Å². The molecular formula is C22H24N2O5S. The number of hydrogen-bond acceptors (Lipinski definition) is 5. The Hall–Kier alpha value is -3.10. The van der Waals surface area contributed by atoms with Gasteiger partial charge < -0.3 is 14.8 Å². The summed E-state index contributed by atoms with van der Waals surface area (Å²) in [4.78, 5) is 12.3. The van der Waals surface area contributed by atoms with Crippen molar-refractivity contribution in [1.82, 2.24) is 10.0 Å². The predicted octanol–water partition coefficient (Wildman–Crippen LogP) is 2.84. The van der Waals surface area contributed by atoms with E-state index in [2.05, 4.69) is 10.0 Å². The molecule has 0 radical (unpaired) electrons. The average molecular weight is 429 g/mol. The fourth-order valence-corrected chi connectivity index (χ4v) is 4.06. The van der Waals surface area contributed by atoms with Crippen LogP contribution in [0.3, 0.4) is 0 Å². The molecule has 0 aliphatic heterocycles. The third-order valence-corrected chi connectivity index (χ3v) is 6.10. The maximum absolute atomic E-state index is 12.5. The Morgan fingerprint density at radius 3 is 2.43 bits per heavy atom. The SMILES string of the molecule is COc1ccc(CNC(=O)CCNS(=O)(=O)c2ccc3ccccc3c2)c(OC)c1. The van der Waals surface area contributed by atoms with Crippen molar-refractivity contribution in [2.45, 2.75) is 17.9 Å². The minimum absolute atomic E-state index is 0.000735. The quantitative estimate of drug-likeness (QED) is 0.547. The van der Waals surface area contributed by atoms with Gasteiger partial charge in [-0.2, -0.15) is 0 Å². The summed E-state index contributed by atoms with van der Waals surface area (Å²) in [6.45, 7) is 0.268. The number of methoxy groups -OCH3 is 2. The molecule has 0 saturated carbocycles. The van der Waals surface area contributed by atoms with E-state index in [-0.39, 0.29) is 30.3 Å². The fraction of sp³-hybridized carbons (Fsp3) is 0.227. The monoisotopic (exact) mass is 428 g/mol. The van der Waals surface area contributed by atoms with Gasteiger partial charge in [0.15, 0.2) is 0 Å². The van der Waals surface area contributed by atoms with Crippen LogP contribution in [0, 0.1) is 0 Å². The highest BCUT2D eigenvalue weighted by molar-refractivity contribution is 7.89. The molecule has 3 aromatic carbocycles. The number of carbonyl (C=O) groups is 1. The molecule has 0 atom stereocenters. The summed E-state index contributed by atoms with van der Waals surface area (Å²) in [6.07, 6.45) is 0.0191. The molecule has 0 saturated heterocycles. The molecule has 0 spiro atoms. The van der Waals surface area contributed by atoms with Crippen LogP contribution >= 0.6 is 0 Å². The van der Waals surface area contributed by atoms with E-state index in [0.29, 0.717) is 11.5 Å². The molecule has 1 amide bonds. The topological polar surface area (TPSA) is 93.7 Å². The van der Waals surface area contributed by atoms with E-state index in [1.165, 1.54) is 0 Å². The highest BCUT2D eigenvalue weighted by Gasteiger charge is 2.15. The van der Waals surface area contributed by atoms with Gasteiger partial charge in [0, 0.05) is 31.1 Å². The molecule has 0 bridgehead atoms. The number of sulfonamides is 1. The zero-order valence-electron chi connectivity index (χ0n) is 16.8. The first-order chi connectivity index (χ1) is 14.4. The first-order valence-electron chi connectivity index (χ1n) is 9.39. The number of fused-ring (bicyclic) bond motifs is 1. The summed E-state index contributed by atoms with van der Waals surface area (Å²) in [6, 6.07) is 17.8. The van der Waals surface area contributed by atoms with Crippen LogP contribution in [0.5, 0.6) is 11.5 Å². The van der Waals surface area contributed by atoms with Crippen molar-refractivity contribution in [2.75, 3.05) is 20.8 Å². The standard InChI is InChI=1S/C22H24N2O5S/c1-28-19-9-7-18(21(14-19)29-2)15-23-22(25)11-12-24-30(26,27)20-10-8-16-5-3-4-6-17(16)13-20/h3-10,13-14,24H,11-12,15H2,1-2H3,(H,23,25). The fourth-order valence-electron chi connectivity index (χ4n) is 3.00. The van der Waals surface area contributed by atoms with Gasteiger partial charge in [0.2, 0.25) is 15.9 Å². The van der Waals surface area contributed by atoms with E-state index >= 15 is 0 Å². The van der Waals surface area contributed by atoms with Gasteiger partial charge >= 0.3 is 0 Å². The first kappa shape index (κ1) is 21.6. The van der Waals surface area contributed by atoms with Gasteiger partial charge in [-0.25, -0.2) is 13.1 Å². The van der Waals surface area contributed by atoms with E-state index in [4.69, 9.17) is 9.47 Å². The van der Waals surface area contributed by atoms with Crippen molar-refractivity contribution >= 4 is 26.7 Å². The smallest absolute Gasteiger partial charge is 0.240 e. The lowest BCUT2D eigenvalue weighted by molar-refractivity contribution is -0.121. The molecule has 0 fully saturated rings. The molecule has 0 aliphatic rings. The van der Waals surface area contributed by atoms with Crippen LogP contribution in [0.25, 0.3) is 10.8 Å². The normalized spacial score (nSPS) is 11.3. The maximum atomic E-state index is 12.5. The van der Waals surface area contributed by atoms with Gasteiger partial charge in [-0.1, -0.05) is 30.3 Å². The second-order valence-electron chi connectivity index (χ2n) is 6.61. The van der Waals surface area contributed by atoms with E-state index in [0.717, 1.165) is 16.3 Å². The molecule has 30 heavy (non-hydrogen) atoms. The van der Waals surface area contributed by atoms with Gasteiger partial charge in [-0.15, -0.1) is 0 Å². The van der Waals surface area contributed by atoms with E-state index < -0.39 is 10.0 Å². The summed E-state index contributed by atoms with van der Waals surface area (Å²) < 4.78 is 37.9. The zero-order chi connectivity index (χ0) is 21.6. The second kappa shape index (κ2) is 9.60. The molecule has 3 rings (SSSR count). The van der Waals surface area contributed by atoms with E-state index in [1.54, 1.807) is 50.6 Å². The third-order valence-electron chi connectivity index (χ3n) is 4.65. The number of rotatable bonds is 9. The van der Waals surface area contributed by atoms with Crippen LogP contribution in [0.2, 0.25) is 0 Å². The van der Waals surface area contributed by atoms with Crippen molar-refractivity contribution in [1.29, 1.82) is 0 Å². The lowest BCUT2D eigenvalue weighted by Crippen LogP contribution is -2.30. The van der Waals surface area contributed by atoms with Crippen molar-refractivity contribution in [3.63, 3.8) is 0 Å². The Balaban J connectivity index is 1.53. The molecule has 0 aromatic heterocycles. The van der Waals surface area contributed by atoms with Crippen LogP contribution in [0.15, 0.2) is 65.6 Å². The van der Waals surface area contributed by atoms with Crippen LogP contribution in [-0.4, -0.2) is 35.1 Å². The molecular weight excluding hydrogens is 404 g/mol. The largest absolute Gasteiger partial charge is 0.497 e. The number of carbonyl (C=O) groups excluding carboxylic acids is 1. The van der Waals surface area contributed by atoms with Crippen LogP contribution < -0.4 is 19.5 Å². The van der Waals surface area contributed by atoms with E-state index in [1.807, 2.05) is 24.3 Å². The van der Waals surface area contributed by atoms with Gasteiger partial charge in [0.05, 0.1) is 19.1 Å². The van der Waals surface area contributed by atoms with Crippen molar-refractivity contribution in [3.05, 3.63) is 66.2 Å². The molecule has 0 unspecified atom stereocenters. The highest BCUT2D eigenvalue weighted by atomic mass is 32.2. The second-order valence-corrected chi connectivity index (χ2v) is 8.38.